The number of nitrogens with one attached hydrogen (secondary N) is 1. The number of carbonyl (C=O) groups is 2. The Morgan fingerprint density at radius 3 is 2.04 bits per heavy atom. The summed E-state index contributed by atoms with van der Waals surface area (Å²) in [4.78, 5) is 30.2. The average molecular weight is 373 g/mol. The summed E-state index contributed by atoms with van der Waals surface area (Å²) in [5, 5.41) is 3.76. The molecule has 148 valence electrons. The van der Waals surface area contributed by atoms with Crippen molar-refractivity contribution in [2.75, 3.05) is 45.2 Å². The van der Waals surface area contributed by atoms with E-state index in [1.165, 1.54) is 0 Å². The summed E-state index contributed by atoms with van der Waals surface area (Å²) < 4.78 is 0. The normalized spacial score (nSPS) is 19.2. The van der Waals surface area contributed by atoms with Crippen LogP contribution in [0, 0.1) is 0 Å². The van der Waals surface area contributed by atoms with Crippen LogP contribution >= 0.6 is 0 Å². The van der Waals surface area contributed by atoms with E-state index in [0.29, 0.717) is 12.1 Å². The van der Waals surface area contributed by atoms with Crippen LogP contribution in [0.5, 0.6) is 0 Å². The second-order valence-corrected chi connectivity index (χ2v) is 7.96. The standard InChI is InChI=1S/C21H32N4O2/c1-16(26)24-11-7-18(8-12-24)22-19-9-13-25(14-10-19)21(27)17-5-4-6-20(15-17)23(2)3/h4-6,15,18-19,22H,7-14H2,1-3H3. The maximum absolute atomic E-state index is 12.8. The van der Waals surface area contributed by atoms with Crippen LogP contribution in [-0.2, 0) is 4.79 Å². The third-order valence-electron chi connectivity index (χ3n) is 5.80. The number of carbonyl (C=O) groups excluding carboxylic acids is 2. The Bertz CT molecular complexity index is 660. The highest BCUT2D eigenvalue weighted by Gasteiger charge is 2.27. The fourth-order valence-corrected chi connectivity index (χ4v) is 4.04. The van der Waals surface area contributed by atoms with Gasteiger partial charge in [0.25, 0.3) is 5.91 Å². The number of piperidine rings is 2. The molecule has 2 saturated heterocycles. The molecule has 0 spiro atoms. The minimum atomic E-state index is 0.131. The van der Waals surface area contributed by atoms with Gasteiger partial charge in [0.05, 0.1) is 0 Å². The molecule has 1 aromatic carbocycles. The first-order chi connectivity index (χ1) is 12.9. The van der Waals surface area contributed by atoms with E-state index in [1.807, 2.05) is 53.1 Å². The Balaban J connectivity index is 1.47. The first kappa shape index (κ1) is 19.7. The van der Waals surface area contributed by atoms with E-state index < -0.39 is 0 Å². The van der Waals surface area contributed by atoms with E-state index in [2.05, 4.69) is 5.32 Å². The van der Waals surface area contributed by atoms with Crippen LogP contribution in [-0.4, -0.2) is 74.0 Å². The molecule has 27 heavy (non-hydrogen) atoms. The summed E-state index contributed by atoms with van der Waals surface area (Å²) in [6, 6.07) is 8.80. The Hall–Kier alpha value is -2.08. The number of amides is 2. The van der Waals surface area contributed by atoms with Gasteiger partial charge in [-0.3, -0.25) is 9.59 Å². The molecule has 0 bridgehead atoms. The third kappa shape index (κ3) is 5.01. The molecule has 2 aliphatic heterocycles. The second kappa shape index (κ2) is 8.74. The fraction of sp³-hybridized carbons (Fsp3) is 0.619. The highest BCUT2D eigenvalue weighted by molar-refractivity contribution is 5.95. The minimum absolute atomic E-state index is 0.131. The number of rotatable bonds is 4. The smallest absolute Gasteiger partial charge is 0.253 e. The zero-order valence-electron chi connectivity index (χ0n) is 16.8. The highest BCUT2D eigenvalue weighted by Crippen LogP contribution is 2.19. The van der Waals surface area contributed by atoms with Gasteiger partial charge in [0, 0.05) is 70.5 Å². The Kier molecular flexibility index (Phi) is 6.37. The van der Waals surface area contributed by atoms with Gasteiger partial charge in [0.15, 0.2) is 0 Å². The molecular formula is C21H32N4O2. The lowest BCUT2D eigenvalue weighted by Gasteiger charge is -2.37. The fourth-order valence-electron chi connectivity index (χ4n) is 4.04. The monoisotopic (exact) mass is 372 g/mol. The number of likely N-dealkylation sites (tertiary alicyclic amines) is 2. The average Bonchev–Trinajstić information content (AvgIpc) is 2.68. The Labute approximate surface area is 162 Å². The molecule has 3 rings (SSSR count). The molecule has 2 aliphatic rings. The van der Waals surface area contributed by atoms with Gasteiger partial charge in [0.1, 0.15) is 0 Å². The van der Waals surface area contributed by atoms with Gasteiger partial charge in [0.2, 0.25) is 5.91 Å². The summed E-state index contributed by atoms with van der Waals surface area (Å²) in [6.07, 6.45) is 4.03. The van der Waals surface area contributed by atoms with Crippen molar-refractivity contribution in [2.24, 2.45) is 0 Å². The van der Waals surface area contributed by atoms with E-state index in [4.69, 9.17) is 0 Å². The van der Waals surface area contributed by atoms with Gasteiger partial charge in [-0.05, 0) is 43.9 Å². The lowest BCUT2D eigenvalue weighted by atomic mass is 9.99. The van der Waals surface area contributed by atoms with Crippen molar-refractivity contribution >= 4 is 17.5 Å². The van der Waals surface area contributed by atoms with Crippen LogP contribution in [0.25, 0.3) is 0 Å². The van der Waals surface area contributed by atoms with E-state index in [0.717, 1.165) is 63.1 Å². The van der Waals surface area contributed by atoms with Crippen molar-refractivity contribution < 1.29 is 9.59 Å². The molecular weight excluding hydrogens is 340 g/mol. The maximum atomic E-state index is 12.8. The summed E-state index contributed by atoms with van der Waals surface area (Å²) in [7, 11) is 3.98. The maximum Gasteiger partial charge on any atom is 0.253 e. The van der Waals surface area contributed by atoms with Gasteiger partial charge >= 0.3 is 0 Å². The topological polar surface area (TPSA) is 55.9 Å². The van der Waals surface area contributed by atoms with E-state index >= 15 is 0 Å². The quantitative estimate of drug-likeness (QED) is 0.878. The molecule has 1 aromatic rings. The zero-order valence-corrected chi connectivity index (χ0v) is 16.8. The first-order valence-electron chi connectivity index (χ1n) is 10.0. The molecule has 2 heterocycles. The number of anilines is 1. The Morgan fingerprint density at radius 2 is 1.52 bits per heavy atom. The predicted molar refractivity (Wildman–Crippen MR) is 108 cm³/mol. The van der Waals surface area contributed by atoms with Crippen molar-refractivity contribution in [1.82, 2.24) is 15.1 Å². The van der Waals surface area contributed by atoms with Crippen molar-refractivity contribution in [1.29, 1.82) is 0 Å². The van der Waals surface area contributed by atoms with Crippen molar-refractivity contribution in [3.8, 4) is 0 Å². The van der Waals surface area contributed by atoms with Gasteiger partial charge in [-0.25, -0.2) is 0 Å². The molecule has 2 amide bonds. The molecule has 1 N–H and O–H groups in total. The zero-order chi connectivity index (χ0) is 19.4. The van der Waals surface area contributed by atoms with Gasteiger partial charge in [-0.1, -0.05) is 6.07 Å². The van der Waals surface area contributed by atoms with Crippen LogP contribution in [0.4, 0.5) is 5.69 Å². The van der Waals surface area contributed by atoms with E-state index in [-0.39, 0.29) is 11.8 Å². The number of benzene rings is 1. The van der Waals surface area contributed by atoms with Gasteiger partial charge in [-0.15, -0.1) is 0 Å². The Morgan fingerprint density at radius 1 is 0.963 bits per heavy atom. The van der Waals surface area contributed by atoms with Crippen LogP contribution in [0.2, 0.25) is 0 Å². The molecule has 0 atom stereocenters. The highest BCUT2D eigenvalue weighted by atomic mass is 16.2. The summed E-state index contributed by atoms with van der Waals surface area (Å²) in [6.45, 7) is 4.96. The lowest BCUT2D eigenvalue weighted by Crippen LogP contribution is -2.51. The summed E-state index contributed by atoms with van der Waals surface area (Å²) in [5.74, 6) is 0.311. The van der Waals surface area contributed by atoms with Crippen LogP contribution < -0.4 is 10.2 Å². The molecule has 6 heteroatoms. The summed E-state index contributed by atoms with van der Waals surface area (Å²) in [5.41, 5.74) is 1.82. The van der Waals surface area contributed by atoms with Crippen LogP contribution in [0.15, 0.2) is 24.3 Å². The molecule has 0 unspecified atom stereocenters. The van der Waals surface area contributed by atoms with E-state index in [9.17, 15) is 9.59 Å². The first-order valence-corrected chi connectivity index (χ1v) is 10.0. The predicted octanol–water partition coefficient (Wildman–Crippen LogP) is 1.96. The minimum Gasteiger partial charge on any atom is -0.378 e. The van der Waals surface area contributed by atoms with Crippen molar-refractivity contribution in [3.63, 3.8) is 0 Å². The van der Waals surface area contributed by atoms with Crippen LogP contribution in [0.3, 0.4) is 0 Å². The second-order valence-electron chi connectivity index (χ2n) is 7.96. The largest absolute Gasteiger partial charge is 0.378 e. The SMILES string of the molecule is CC(=O)N1CCC(NC2CCN(C(=O)c3cccc(N(C)C)c3)CC2)CC1. The van der Waals surface area contributed by atoms with Gasteiger partial charge < -0.3 is 20.0 Å². The number of nitrogens with zero attached hydrogens (tertiary/aromatic N) is 3. The molecule has 0 saturated carbocycles. The van der Waals surface area contributed by atoms with Crippen LogP contribution in [0.1, 0.15) is 43.0 Å². The van der Waals surface area contributed by atoms with E-state index in [1.54, 1.807) is 6.92 Å². The van der Waals surface area contributed by atoms with Gasteiger partial charge in [-0.2, -0.15) is 0 Å². The molecule has 2 fully saturated rings. The third-order valence-corrected chi connectivity index (χ3v) is 5.80. The van der Waals surface area contributed by atoms with Crippen molar-refractivity contribution in [2.45, 2.75) is 44.7 Å². The number of hydrogen-bond acceptors (Lipinski definition) is 4. The van der Waals surface area contributed by atoms with Crippen molar-refractivity contribution in [3.05, 3.63) is 29.8 Å². The number of hydrogen-bond donors (Lipinski definition) is 1. The summed E-state index contributed by atoms with van der Waals surface area (Å²) >= 11 is 0. The molecule has 0 aliphatic carbocycles. The lowest BCUT2D eigenvalue weighted by molar-refractivity contribution is -0.129. The molecule has 0 radical (unpaired) electrons. The molecule has 0 aromatic heterocycles. The molecule has 6 nitrogen and oxygen atoms in total.